The second-order valence-electron chi connectivity index (χ2n) is 4.97. The SMILES string of the molecule is CC1=COC(NC(=O)CN(CC(=O)O)CC(=O)O)C(C#N)=C1C. The molecule has 1 amide bonds. The van der Waals surface area contributed by atoms with E-state index in [2.05, 4.69) is 5.32 Å². The second-order valence-corrected chi connectivity index (χ2v) is 4.97. The average Bonchev–Trinajstić information content (AvgIpc) is 2.41. The Labute approximate surface area is 132 Å². The Kier molecular flexibility index (Phi) is 6.29. The third kappa shape index (κ3) is 5.44. The lowest BCUT2D eigenvalue weighted by Crippen LogP contribution is -2.46. The molecule has 0 spiro atoms. The molecule has 0 bridgehead atoms. The summed E-state index contributed by atoms with van der Waals surface area (Å²) < 4.78 is 5.25. The van der Waals surface area contributed by atoms with Crippen LogP contribution in [-0.4, -0.2) is 58.8 Å². The van der Waals surface area contributed by atoms with Crippen LogP contribution in [0.3, 0.4) is 0 Å². The zero-order chi connectivity index (χ0) is 17.6. The van der Waals surface area contributed by atoms with E-state index in [-0.39, 0.29) is 5.57 Å². The summed E-state index contributed by atoms with van der Waals surface area (Å²) in [5.74, 6) is -3.15. The molecule has 0 fully saturated rings. The van der Waals surface area contributed by atoms with Crippen molar-refractivity contribution in [2.75, 3.05) is 19.6 Å². The fraction of sp³-hybridized carbons (Fsp3) is 0.429. The van der Waals surface area contributed by atoms with Crippen molar-refractivity contribution in [3.8, 4) is 6.07 Å². The first kappa shape index (κ1) is 18.2. The molecule has 1 aliphatic rings. The maximum Gasteiger partial charge on any atom is 0.317 e. The van der Waals surface area contributed by atoms with Crippen LogP contribution in [0.25, 0.3) is 0 Å². The first-order valence-electron chi connectivity index (χ1n) is 6.63. The number of carboxylic acids is 2. The van der Waals surface area contributed by atoms with Gasteiger partial charge in [-0.15, -0.1) is 0 Å². The van der Waals surface area contributed by atoms with E-state index in [1.807, 2.05) is 6.07 Å². The Morgan fingerprint density at radius 2 is 1.83 bits per heavy atom. The van der Waals surface area contributed by atoms with Gasteiger partial charge < -0.3 is 20.3 Å². The zero-order valence-corrected chi connectivity index (χ0v) is 12.7. The van der Waals surface area contributed by atoms with Gasteiger partial charge in [0.25, 0.3) is 0 Å². The van der Waals surface area contributed by atoms with Gasteiger partial charge in [0.1, 0.15) is 6.07 Å². The summed E-state index contributed by atoms with van der Waals surface area (Å²) in [5, 5.41) is 29.0. The van der Waals surface area contributed by atoms with Crippen LogP contribution in [0.5, 0.6) is 0 Å². The van der Waals surface area contributed by atoms with Crippen LogP contribution in [0.15, 0.2) is 23.0 Å². The molecule has 0 saturated carbocycles. The van der Waals surface area contributed by atoms with Crippen LogP contribution in [0, 0.1) is 11.3 Å². The summed E-state index contributed by atoms with van der Waals surface area (Å²) in [7, 11) is 0. The standard InChI is InChI=1S/C14H17N3O6/c1-8-7-23-14(10(3-15)9(8)2)16-11(18)4-17(5-12(19)20)6-13(21)22/h7,14H,4-6H2,1-2H3,(H,16,18)(H,19,20)(H,21,22). The molecule has 23 heavy (non-hydrogen) atoms. The van der Waals surface area contributed by atoms with Crippen molar-refractivity contribution in [3.63, 3.8) is 0 Å². The molecule has 1 unspecified atom stereocenters. The molecule has 0 aromatic heterocycles. The topological polar surface area (TPSA) is 140 Å². The third-order valence-corrected chi connectivity index (χ3v) is 3.14. The van der Waals surface area contributed by atoms with Gasteiger partial charge in [0, 0.05) is 0 Å². The van der Waals surface area contributed by atoms with E-state index in [1.165, 1.54) is 6.26 Å². The molecule has 9 nitrogen and oxygen atoms in total. The van der Waals surface area contributed by atoms with E-state index < -0.39 is 43.7 Å². The minimum atomic E-state index is -1.25. The Bertz CT molecular complexity index is 600. The lowest BCUT2D eigenvalue weighted by Gasteiger charge is -2.25. The lowest BCUT2D eigenvalue weighted by atomic mass is 10.0. The highest BCUT2D eigenvalue weighted by atomic mass is 16.5. The van der Waals surface area contributed by atoms with Gasteiger partial charge in [-0.2, -0.15) is 5.26 Å². The van der Waals surface area contributed by atoms with Gasteiger partial charge >= 0.3 is 11.9 Å². The van der Waals surface area contributed by atoms with E-state index in [0.29, 0.717) is 5.57 Å². The molecule has 124 valence electrons. The van der Waals surface area contributed by atoms with Crippen molar-refractivity contribution in [2.45, 2.75) is 20.1 Å². The summed E-state index contributed by atoms with van der Waals surface area (Å²) in [6.07, 6.45) is 0.431. The predicted octanol–water partition coefficient (Wildman–Crippen LogP) is -0.326. The largest absolute Gasteiger partial charge is 0.480 e. The number of nitrogens with one attached hydrogen (secondary N) is 1. The van der Waals surface area contributed by atoms with Gasteiger partial charge in [0.2, 0.25) is 12.1 Å². The molecule has 1 heterocycles. The van der Waals surface area contributed by atoms with Gasteiger partial charge in [-0.05, 0) is 25.0 Å². The Hall–Kier alpha value is -2.86. The Morgan fingerprint density at radius 3 is 2.30 bits per heavy atom. The van der Waals surface area contributed by atoms with Gasteiger partial charge in [0.15, 0.2) is 0 Å². The molecule has 1 rings (SSSR count). The van der Waals surface area contributed by atoms with Crippen molar-refractivity contribution >= 4 is 17.8 Å². The zero-order valence-electron chi connectivity index (χ0n) is 12.7. The molecule has 0 aromatic carbocycles. The number of nitriles is 1. The Morgan fingerprint density at radius 1 is 1.26 bits per heavy atom. The van der Waals surface area contributed by atoms with E-state index in [4.69, 9.17) is 20.2 Å². The van der Waals surface area contributed by atoms with Crippen LogP contribution in [0.4, 0.5) is 0 Å². The van der Waals surface area contributed by atoms with E-state index in [0.717, 1.165) is 10.5 Å². The number of carbonyl (C=O) groups is 3. The van der Waals surface area contributed by atoms with Crippen LogP contribution in [0.2, 0.25) is 0 Å². The molecule has 0 saturated heterocycles. The quantitative estimate of drug-likeness (QED) is 0.579. The number of hydrogen-bond acceptors (Lipinski definition) is 6. The third-order valence-electron chi connectivity index (χ3n) is 3.14. The number of rotatable bonds is 7. The number of carboxylic acid groups (broad SMARTS) is 2. The number of hydrogen-bond donors (Lipinski definition) is 3. The summed E-state index contributed by atoms with van der Waals surface area (Å²) >= 11 is 0. The highest BCUT2D eigenvalue weighted by Crippen LogP contribution is 2.22. The number of aliphatic carboxylic acids is 2. The van der Waals surface area contributed by atoms with E-state index in [1.54, 1.807) is 13.8 Å². The molecule has 0 aliphatic carbocycles. The molecular weight excluding hydrogens is 306 g/mol. The maximum absolute atomic E-state index is 12.0. The summed E-state index contributed by atoms with van der Waals surface area (Å²) in [6.45, 7) is 1.84. The van der Waals surface area contributed by atoms with Gasteiger partial charge in [0.05, 0.1) is 31.5 Å². The van der Waals surface area contributed by atoms with Crippen LogP contribution in [-0.2, 0) is 19.1 Å². The van der Waals surface area contributed by atoms with E-state index in [9.17, 15) is 14.4 Å². The molecule has 0 aromatic rings. The minimum absolute atomic E-state index is 0.237. The van der Waals surface area contributed by atoms with Crippen molar-refractivity contribution < 1.29 is 29.3 Å². The van der Waals surface area contributed by atoms with Gasteiger partial charge in [-0.3, -0.25) is 19.3 Å². The molecule has 0 radical (unpaired) electrons. The van der Waals surface area contributed by atoms with Crippen molar-refractivity contribution in [3.05, 3.63) is 23.0 Å². The highest BCUT2D eigenvalue weighted by Gasteiger charge is 2.25. The normalized spacial score (nSPS) is 17.1. The first-order valence-corrected chi connectivity index (χ1v) is 6.63. The summed E-state index contributed by atoms with van der Waals surface area (Å²) in [5.41, 5.74) is 1.67. The number of carbonyl (C=O) groups excluding carboxylic acids is 1. The van der Waals surface area contributed by atoms with Crippen molar-refractivity contribution in [1.29, 1.82) is 5.26 Å². The number of amides is 1. The van der Waals surface area contributed by atoms with Gasteiger partial charge in [-0.1, -0.05) is 0 Å². The lowest BCUT2D eigenvalue weighted by molar-refractivity contribution is -0.142. The number of allylic oxidation sites excluding steroid dienone is 2. The minimum Gasteiger partial charge on any atom is -0.480 e. The predicted molar refractivity (Wildman–Crippen MR) is 76.8 cm³/mol. The Balaban J connectivity index is 2.73. The van der Waals surface area contributed by atoms with E-state index >= 15 is 0 Å². The number of nitrogens with zero attached hydrogens (tertiary/aromatic N) is 2. The van der Waals surface area contributed by atoms with Crippen molar-refractivity contribution in [1.82, 2.24) is 10.2 Å². The van der Waals surface area contributed by atoms with Crippen LogP contribution in [0.1, 0.15) is 13.8 Å². The van der Waals surface area contributed by atoms with Crippen LogP contribution < -0.4 is 5.32 Å². The fourth-order valence-electron chi connectivity index (χ4n) is 1.93. The maximum atomic E-state index is 12.0. The molecule has 1 atom stereocenters. The highest BCUT2D eigenvalue weighted by molar-refractivity contribution is 5.81. The monoisotopic (exact) mass is 323 g/mol. The fourth-order valence-corrected chi connectivity index (χ4v) is 1.93. The summed E-state index contributed by atoms with van der Waals surface area (Å²) in [6, 6.07) is 1.95. The summed E-state index contributed by atoms with van der Waals surface area (Å²) in [4.78, 5) is 34.3. The first-order chi connectivity index (χ1) is 10.7. The molecular formula is C14H17N3O6. The number of ether oxygens (including phenoxy) is 1. The average molecular weight is 323 g/mol. The molecule has 3 N–H and O–H groups in total. The molecule has 9 heteroatoms. The van der Waals surface area contributed by atoms with Crippen LogP contribution >= 0.6 is 0 Å². The second kappa shape index (κ2) is 7.95. The van der Waals surface area contributed by atoms with Crippen molar-refractivity contribution in [2.24, 2.45) is 0 Å². The molecule has 1 aliphatic heterocycles. The smallest absolute Gasteiger partial charge is 0.317 e. The van der Waals surface area contributed by atoms with Gasteiger partial charge in [-0.25, -0.2) is 0 Å².